The lowest BCUT2D eigenvalue weighted by Gasteiger charge is -2.24. The predicted molar refractivity (Wildman–Crippen MR) is 88.9 cm³/mol. The van der Waals surface area contributed by atoms with Gasteiger partial charge in [0, 0.05) is 18.8 Å². The number of rotatable bonds is 4. The molecular weight excluding hydrogens is 316 g/mol. The fourth-order valence-electron chi connectivity index (χ4n) is 2.50. The Labute approximate surface area is 139 Å². The lowest BCUT2D eigenvalue weighted by Crippen LogP contribution is -2.33. The molecule has 1 unspecified atom stereocenters. The number of morpholine rings is 1. The number of hydrogen-bond acceptors (Lipinski definition) is 4. The number of aromatic nitrogens is 2. The van der Waals surface area contributed by atoms with E-state index in [0.717, 1.165) is 24.3 Å². The third-order valence-corrected chi connectivity index (χ3v) is 4.22. The van der Waals surface area contributed by atoms with Gasteiger partial charge in [-0.1, -0.05) is 30.7 Å². The second-order valence-corrected chi connectivity index (χ2v) is 5.74. The first-order valence-electron chi connectivity index (χ1n) is 7.65. The van der Waals surface area contributed by atoms with Crippen LogP contribution in [0.2, 0.25) is 5.02 Å². The molecule has 0 spiro atoms. The fraction of sp³-hybridized carbons (Fsp3) is 0.375. The Hall–Kier alpha value is -1.89. The minimum Gasteiger partial charge on any atom is -0.371 e. The van der Waals surface area contributed by atoms with Crippen molar-refractivity contribution in [3.05, 3.63) is 46.2 Å². The van der Waals surface area contributed by atoms with Crippen molar-refractivity contribution < 1.29 is 9.53 Å². The van der Waals surface area contributed by atoms with Gasteiger partial charge in [-0.2, -0.15) is 5.10 Å². The van der Waals surface area contributed by atoms with Crippen molar-refractivity contribution in [2.45, 2.75) is 19.4 Å². The number of aryl methyl sites for hydroxylation is 1. The molecule has 0 radical (unpaired) electrons. The van der Waals surface area contributed by atoms with E-state index in [9.17, 15) is 4.79 Å². The molecule has 1 aliphatic rings. The van der Waals surface area contributed by atoms with Crippen LogP contribution in [0.5, 0.6) is 0 Å². The van der Waals surface area contributed by atoms with E-state index in [2.05, 4.69) is 20.8 Å². The summed E-state index contributed by atoms with van der Waals surface area (Å²) in [5, 5.41) is 13.2. The Bertz CT molecular complexity index is 678. The summed E-state index contributed by atoms with van der Waals surface area (Å²) >= 11 is 6.13. The Balaban J connectivity index is 1.67. The van der Waals surface area contributed by atoms with Crippen LogP contribution >= 0.6 is 11.6 Å². The van der Waals surface area contributed by atoms with E-state index in [-0.39, 0.29) is 17.7 Å². The molecule has 1 atom stereocenters. The van der Waals surface area contributed by atoms with E-state index in [0.29, 0.717) is 23.7 Å². The van der Waals surface area contributed by atoms with Crippen molar-refractivity contribution in [3.63, 3.8) is 0 Å². The van der Waals surface area contributed by atoms with Gasteiger partial charge < -0.3 is 15.4 Å². The SMILES string of the molecule is CCc1[nH]nc(C(=O)Nc2ccc(C3CNCCO3)cc2)c1Cl. The second-order valence-electron chi connectivity index (χ2n) is 5.36. The Kier molecular flexibility index (Phi) is 4.95. The van der Waals surface area contributed by atoms with Crippen molar-refractivity contribution in [2.24, 2.45) is 0 Å². The molecular formula is C16H19ClN4O2. The van der Waals surface area contributed by atoms with Gasteiger partial charge in [-0.25, -0.2) is 0 Å². The van der Waals surface area contributed by atoms with Crippen LogP contribution in [0.4, 0.5) is 5.69 Å². The largest absolute Gasteiger partial charge is 0.371 e. The highest BCUT2D eigenvalue weighted by Gasteiger charge is 2.18. The molecule has 2 heterocycles. The highest BCUT2D eigenvalue weighted by atomic mass is 35.5. The molecule has 122 valence electrons. The van der Waals surface area contributed by atoms with Crippen LogP contribution < -0.4 is 10.6 Å². The van der Waals surface area contributed by atoms with Gasteiger partial charge in [0.15, 0.2) is 5.69 Å². The number of ether oxygens (including phenoxy) is 1. The van der Waals surface area contributed by atoms with Crippen LogP contribution in [0.15, 0.2) is 24.3 Å². The number of carbonyl (C=O) groups is 1. The minimum atomic E-state index is -0.325. The number of amides is 1. The smallest absolute Gasteiger partial charge is 0.277 e. The van der Waals surface area contributed by atoms with Crippen LogP contribution in [0.3, 0.4) is 0 Å². The van der Waals surface area contributed by atoms with E-state index in [1.807, 2.05) is 31.2 Å². The molecule has 6 nitrogen and oxygen atoms in total. The second kappa shape index (κ2) is 7.12. The first-order valence-corrected chi connectivity index (χ1v) is 8.03. The lowest BCUT2D eigenvalue weighted by atomic mass is 10.1. The van der Waals surface area contributed by atoms with Gasteiger partial charge in [0.25, 0.3) is 5.91 Å². The normalized spacial score (nSPS) is 17.9. The molecule has 3 rings (SSSR count). The molecule has 23 heavy (non-hydrogen) atoms. The van der Waals surface area contributed by atoms with E-state index >= 15 is 0 Å². The summed E-state index contributed by atoms with van der Waals surface area (Å²) in [7, 11) is 0. The van der Waals surface area contributed by atoms with E-state index in [4.69, 9.17) is 16.3 Å². The number of nitrogens with one attached hydrogen (secondary N) is 3. The van der Waals surface area contributed by atoms with Crippen molar-refractivity contribution in [1.29, 1.82) is 0 Å². The zero-order valence-electron chi connectivity index (χ0n) is 12.9. The number of nitrogens with zero attached hydrogens (tertiary/aromatic N) is 1. The number of H-pyrrole nitrogens is 1. The molecule has 7 heteroatoms. The van der Waals surface area contributed by atoms with E-state index in [1.165, 1.54) is 0 Å². The third kappa shape index (κ3) is 3.55. The van der Waals surface area contributed by atoms with E-state index < -0.39 is 0 Å². The van der Waals surface area contributed by atoms with E-state index in [1.54, 1.807) is 0 Å². The highest BCUT2D eigenvalue weighted by Crippen LogP contribution is 2.22. The van der Waals surface area contributed by atoms with Gasteiger partial charge in [0.1, 0.15) is 0 Å². The Morgan fingerprint density at radius 3 is 2.83 bits per heavy atom. The maximum Gasteiger partial charge on any atom is 0.277 e. The first-order chi connectivity index (χ1) is 11.2. The molecule has 1 aromatic heterocycles. The van der Waals surface area contributed by atoms with Gasteiger partial charge >= 0.3 is 0 Å². The summed E-state index contributed by atoms with van der Waals surface area (Å²) in [5.74, 6) is -0.325. The van der Waals surface area contributed by atoms with Gasteiger partial charge in [0.05, 0.1) is 23.4 Å². The maximum atomic E-state index is 12.2. The summed E-state index contributed by atoms with van der Waals surface area (Å²) < 4.78 is 5.70. The average molecular weight is 335 g/mol. The number of aromatic amines is 1. The maximum absolute atomic E-state index is 12.2. The summed E-state index contributed by atoms with van der Waals surface area (Å²) in [6.45, 7) is 4.34. The number of benzene rings is 1. The third-order valence-electron chi connectivity index (χ3n) is 3.81. The molecule has 3 N–H and O–H groups in total. The monoisotopic (exact) mass is 334 g/mol. The number of anilines is 1. The van der Waals surface area contributed by atoms with Crippen LogP contribution in [-0.2, 0) is 11.2 Å². The predicted octanol–water partition coefficient (Wildman–Crippen LogP) is 2.54. The van der Waals surface area contributed by atoms with Crippen molar-refractivity contribution in [3.8, 4) is 0 Å². The van der Waals surface area contributed by atoms with Crippen molar-refractivity contribution in [2.75, 3.05) is 25.0 Å². The molecule has 2 aromatic rings. The van der Waals surface area contributed by atoms with Crippen LogP contribution in [0.1, 0.15) is 34.8 Å². The lowest BCUT2D eigenvalue weighted by molar-refractivity contribution is 0.0277. The summed E-state index contributed by atoms with van der Waals surface area (Å²) in [4.78, 5) is 12.2. The molecule has 1 amide bonds. The van der Waals surface area contributed by atoms with Crippen LogP contribution in [0.25, 0.3) is 0 Å². The fourth-order valence-corrected chi connectivity index (χ4v) is 2.80. The first kappa shape index (κ1) is 16.0. The molecule has 1 aliphatic heterocycles. The van der Waals surface area contributed by atoms with Crippen molar-refractivity contribution >= 4 is 23.2 Å². The molecule has 1 fully saturated rings. The number of halogens is 1. The molecule has 0 saturated carbocycles. The summed E-state index contributed by atoms with van der Waals surface area (Å²) in [5.41, 5.74) is 2.75. The van der Waals surface area contributed by atoms with Gasteiger partial charge in [-0.15, -0.1) is 0 Å². The Morgan fingerprint density at radius 2 is 2.22 bits per heavy atom. The Morgan fingerprint density at radius 1 is 1.43 bits per heavy atom. The zero-order chi connectivity index (χ0) is 16.2. The molecule has 0 bridgehead atoms. The van der Waals surface area contributed by atoms with Crippen LogP contribution in [-0.4, -0.2) is 35.8 Å². The van der Waals surface area contributed by atoms with Gasteiger partial charge in [-0.05, 0) is 24.1 Å². The molecule has 1 saturated heterocycles. The topological polar surface area (TPSA) is 79.0 Å². The number of carbonyl (C=O) groups excluding carboxylic acids is 1. The molecule has 1 aromatic carbocycles. The minimum absolute atomic E-state index is 0.0569. The van der Waals surface area contributed by atoms with Gasteiger partial charge in [-0.3, -0.25) is 9.89 Å². The van der Waals surface area contributed by atoms with Crippen molar-refractivity contribution in [1.82, 2.24) is 15.5 Å². The molecule has 0 aliphatic carbocycles. The average Bonchev–Trinajstić information content (AvgIpc) is 2.97. The number of hydrogen-bond donors (Lipinski definition) is 3. The van der Waals surface area contributed by atoms with Crippen LogP contribution in [0, 0.1) is 0 Å². The summed E-state index contributed by atoms with van der Waals surface area (Å²) in [6.07, 6.45) is 0.755. The standard InChI is InChI=1S/C16H19ClN4O2/c1-2-12-14(17)15(21-20-12)16(22)19-11-5-3-10(4-6-11)13-9-18-7-8-23-13/h3-6,13,18H,2,7-9H2,1H3,(H,19,22)(H,20,21). The zero-order valence-corrected chi connectivity index (χ0v) is 13.6. The van der Waals surface area contributed by atoms with Gasteiger partial charge in [0.2, 0.25) is 0 Å². The summed E-state index contributed by atoms with van der Waals surface area (Å²) in [6, 6.07) is 7.62. The quantitative estimate of drug-likeness (QED) is 0.802. The highest BCUT2D eigenvalue weighted by molar-refractivity contribution is 6.34.